The Morgan fingerprint density at radius 1 is 1.04 bits per heavy atom. The third kappa shape index (κ3) is 5.53. The van der Waals surface area contributed by atoms with E-state index in [-0.39, 0.29) is 23.8 Å². The second-order valence-corrected chi connectivity index (χ2v) is 5.62. The van der Waals surface area contributed by atoms with Crippen LogP contribution in [-0.4, -0.2) is 31.6 Å². The van der Waals surface area contributed by atoms with Gasteiger partial charge in [0.2, 0.25) is 0 Å². The van der Waals surface area contributed by atoms with Crippen LogP contribution in [0.15, 0.2) is 42.5 Å². The van der Waals surface area contributed by atoms with Crippen molar-refractivity contribution in [3.05, 3.63) is 59.2 Å². The van der Waals surface area contributed by atoms with E-state index < -0.39 is 5.91 Å². The van der Waals surface area contributed by atoms with Gasteiger partial charge in [-0.3, -0.25) is 9.59 Å². The highest BCUT2D eigenvalue weighted by atomic mass is 16.5. The first-order valence-corrected chi connectivity index (χ1v) is 7.96. The van der Waals surface area contributed by atoms with Gasteiger partial charge < -0.3 is 20.5 Å². The van der Waals surface area contributed by atoms with Gasteiger partial charge in [0.1, 0.15) is 18.1 Å². The highest BCUT2D eigenvalue weighted by Crippen LogP contribution is 2.18. The number of benzene rings is 2. The molecule has 132 valence electrons. The molecule has 0 unspecified atom stereocenters. The number of carbonyl (C=O) groups is 2. The molecule has 0 aliphatic heterocycles. The van der Waals surface area contributed by atoms with E-state index in [9.17, 15) is 9.59 Å². The summed E-state index contributed by atoms with van der Waals surface area (Å²) in [5, 5.41) is 2.70. The second kappa shape index (κ2) is 8.73. The van der Waals surface area contributed by atoms with E-state index in [2.05, 4.69) is 5.32 Å². The van der Waals surface area contributed by atoms with Crippen LogP contribution < -0.4 is 20.5 Å². The number of nitrogens with one attached hydrogen (secondary N) is 1. The van der Waals surface area contributed by atoms with Crippen LogP contribution in [0, 0.1) is 13.8 Å². The summed E-state index contributed by atoms with van der Waals surface area (Å²) in [6.45, 7) is 4.51. The van der Waals surface area contributed by atoms with Crippen molar-refractivity contribution in [2.75, 3.05) is 19.8 Å². The van der Waals surface area contributed by atoms with Gasteiger partial charge in [0, 0.05) is 0 Å². The number of primary amides is 1. The molecule has 3 N–H and O–H groups in total. The predicted molar refractivity (Wildman–Crippen MR) is 94.9 cm³/mol. The van der Waals surface area contributed by atoms with Crippen LogP contribution in [0.25, 0.3) is 0 Å². The molecule has 0 saturated heterocycles. The van der Waals surface area contributed by atoms with E-state index in [1.807, 2.05) is 32.0 Å². The van der Waals surface area contributed by atoms with E-state index in [0.717, 1.165) is 11.3 Å². The Bertz CT molecular complexity index is 759. The van der Waals surface area contributed by atoms with Crippen molar-refractivity contribution in [3.63, 3.8) is 0 Å². The monoisotopic (exact) mass is 342 g/mol. The Hall–Kier alpha value is -3.02. The Morgan fingerprint density at radius 2 is 1.80 bits per heavy atom. The summed E-state index contributed by atoms with van der Waals surface area (Å²) in [6.07, 6.45) is 0. The lowest BCUT2D eigenvalue weighted by Crippen LogP contribution is -2.32. The zero-order valence-corrected chi connectivity index (χ0v) is 14.4. The standard InChI is InChI=1S/C19H22N2O4/c1-13-7-8-16(14(2)11-13)24-10-9-21-18(22)12-25-17-6-4-3-5-15(17)19(20)23/h3-8,11H,9-10,12H2,1-2H3,(H2,20,23)(H,21,22). The number of rotatable bonds is 8. The molecular weight excluding hydrogens is 320 g/mol. The van der Waals surface area contributed by atoms with Crippen LogP contribution >= 0.6 is 0 Å². The van der Waals surface area contributed by atoms with Gasteiger partial charge in [0.25, 0.3) is 11.8 Å². The molecule has 0 aliphatic carbocycles. The Balaban J connectivity index is 1.73. The maximum absolute atomic E-state index is 11.8. The van der Waals surface area contributed by atoms with Gasteiger partial charge in [-0.25, -0.2) is 0 Å². The molecule has 6 heteroatoms. The second-order valence-electron chi connectivity index (χ2n) is 5.62. The van der Waals surface area contributed by atoms with Gasteiger partial charge in [0.05, 0.1) is 12.1 Å². The molecule has 0 aromatic heterocycles. The van der Waals surface area contributed by atoms with Crippen molar-refractivity contribution in [2.24, 2.45) is 5.73 Å². The summed E-state index contributed by atoms with van der Waals surface area (Å²) in [5.74, 6) is 0.185. The maximum Gasteiger partial charge on any atom is 0.258 e. The molecule has 0 heterocycles. The van der Waals surface area contributed by atoms with Gasteiger partial charge in [0.15, 0.2) is 6.61 Å². The lowest BCUT2D eigenvalue weighted by Gasteiger charge is -2.11. The number of aryl methyl sites for hydroxylation is 2. The molecule has 2 aromatic rings. The molecule has 6 nitrogen and oxygen atoms in total. The Labute approximate surface area is 146 Å². The lowest BCUT2D eigenvalue weighted by atomic mass is 10.1. The van der Waals surface area contributed by atoms with Crippen molar-refractivity contribution in [1.29, 1.82) is 0 Å². The Morgan fingerprint density at radius 3 is 2.52 bits per heavy atom. The molecule has 0 radical (unpaired) electrons. The summed E-state index contributed by atoms with van der Waals surface area (Å²) in [6, 6.07) is 12.5. The zero-order chi connectivity index (χ0) is 18.2. The smallest absolute Gasteiger partial charge is 0.258 e. The average Bonchev–Trinajstić information content (AvgIpc) is 2.58. The van der Waals surface area contributed by atoms with Crippen molar-refractivity contribution in [2.45, 2.75) is 13.8 Å². The van der Waals surface area contributed by atoms with Gasteiger partial charge >= 0.3 is 0 Å². The highest BCUT2D eigenvalue weighted by molar-refractivity contribution is 5.95. The van der Waals surface area contributed by atoms with Crippen LogP contribution in [0.2, 0.25) is 0 Å². The first-order valence-electron chi connectivity index (χ1n) is 7.96. The van der Waals surface area contributed by atoms with Gasteiger partial charge in [-0.15, -0.1) is 0 Å². The number of ether oxygens (including phenoxy) is 2. The number of amides is 2. The molecular formula is C19H22N2O4. The van der Waals surface area contributed by atoms with E-state index in [1.54, 1.807) is 24.3 Å². The minimum absolute atomic E-state index is 0.201. The number of nitrogens with two attached hydrogens (primary N) is 1. The summed E-state index contributed by atoms with van der Waals surface area (Å²) >= 11 is 0. The maximum atomic E-state index is 11.8. The van der Waals surface area contributed by atoms with Crippen molar-refractivity contribution in [1.82, 2.24) is 5.32 Å². The quantitative estimate of drug-likeness (QED) is 0.718. The van der Waals surface area contributed by atoms with E-state index >= 15 is 0 Å². The molecule has 2 rings (SSSR count). The van der Waals surface area contributed by atoms with Crippen LogP contribution in [0.3, 0.4) is 0 Å². The lowest BCUT2D eigenvalue weighted by molar-refractivity contribution is -0.123. The molecule has 2 aromatic carbocycles. The third-order valence-corrected chi connectivity index (χ3v) is 3.52. The number of hydrogen-bond acceptors (Lipinski definition) is 4. The molecule has 0 bridgehead atoms. The fourth-order valence-electron chi connectivity index (χ4n) is 2.30. The number of hydrogen-bond donors (Lipinski definition) is 2. The largest absolute Gasteiger partial charge is 0.491 e. The molecule has 0 saturated carbocycles. The minimum Gasteiger partial charge on any atom is -0.491 e. The molecule has 0 atom stereocenters. The first-order chi connectivity index (χ1) is 12.0. The fourth-order valence-corrected chi connectivity index (χ4v) is 2.30. The van der Waals surface area contributed by atoms with Gasteiger partial charge in [-0.2, -0.15) is 0 Å². The van der Waals surface area contributed by atoms with E-state index in [1.165, 1.54) is 5.56 Å². The molecule has 0 spiro atoms. The molecule has 0 fully saturated rings. The van der Waals surface area contributed by atoms with Gasteiger partial charge in [-0.1, -0.05) is 29.8 Å². The van der Waals surface area contributed by atoms with Crippen LogP contribution in [0.4, 0.5) is 0 Å². The highest BCUT2D eigenvalue weighted by Gasteiger charge is 2.10. The van der Waals surface area contributed by atoms with Crippen LogP contribution in [-0.2, 0) is 4.79 Å². The third-order valence-electron chi connectivity index (χ3n) is 3.52. The van der Waals surface area contributed by atoms with Crippen molar-refractivity contribution >= 4 is 11.8 Å². The first kappa shape index (κ1) is 18.3. The predicted octanol–water partition coefficient (Wildman–Crippen LogP) is 1.98. The summed E-state index contributed by atoms with van der Waals surface area (Å²) in [5.41, 5.74) is 7.73. The minimum atomic E-state index is -0.599. The fraction of sp³-hybridized carbons (Fsp3) is 0.263. The zero-order valence-electron chi connectivity index (χ0n) is 14.4. The number of para-hydroxylation sites is 1. The number of carbonyl (C=O) groups excluding carboxylic acids is 2. The SMILES string of the molecule is Cc1ccc(OCCNC(=O)COc2ccccc2C(N)=O)c(C)c1. The van der Waals surface area contributed by atoms with E-state index in [4.69, 9.17) is 15.2 Å². The summed E-state index contributed by atoms with van der Waals surface area (Å²) < 4.78 is 11.0. The van der Waals surface area contributed by atoms with E-state index in [0.29, 0.717) is 13.2 Å². The summed E-state index contributed by atoms with van der Waals surface area (Å²) in [4.78, 5) is 23.1. The topological polar surface area (TPSA) is 90.7 Å². The van der Waals surface area contributed by atoms with Crippen LogP contribution in [0.1, 0.15) is 21.5 Å². The molecule has 2 amide bonds. The van der Waals surface area contributed by atoms with Crippen molar-refractivity contribution < 1.29 is 19.1 Å². The molecule has 0 aliphatic rings. The normalized spacial score (nSPS) is 10.2. The van der Waals surface area contributed by atoms with Crippen molar-refractivity contribution in [3.8, 4) is 11.5 Å². The van der Waals surface area contributed by atoms with Gasteiger partial charge in [-0.05, 0) is 37.6 Å². The molecule has 25 heavy (non-hydrogen) atoms. The Kier molecular flexibility index (Phi) is 6.39. The van der Waals surface area contributed by atoms with Crippen LogP contribution in [0.5, 0.6) is 11.5 Å². The summed E-state index contributed by atoms with van der Waals surface area (Å²) in [7, 11) is 0. The average molecular weight is 342 g/mol.